The zero-order valence-electron chi connectivity index (χ0n) is 12.5. The highest BCUT2D eigenvalue weighted by Crippen LogP contribution is 2.22. The fourth-order valence-corrected chi connectivity index (χ4v) is 2.92. The third kappa shape index (κ3) is 2.90. The van der Waals surface area contributed by atoms with Gasteiger partial charge in [-0.05, 0) is 30.4 Å². The van der Waals surface area contributed by atoms with Crippen LogP contribution in [0.1, 0.15) is 43.1 Å². The highest BCUT2D eigenvalue weighted by molar-refractivity contribution is 7.09. The normalized spacial score (nSPS) is 11.4. The number of hydrogen-bond donors (Lipinski definition) is 1. The van der Waals surface area contributed by atoms with Crippen LogP contribution in [0.5, 0.6) is 0 Å². The van der Waals surface area contributed by atoms with Gasteiger partial charge in [0.15, 0.2) is 5.82 Å². The summed E-state index contributed by atoms with van der Waals surface area (Å²) in [6, 6.07) is 6.25. The van der Waals surface area contributed by atoms with E-state index in [-0.39, 0.29) is 0 Å². The van der Waals surface area contributed by atoms with Crippen molar-refractivity contribution >= 4 is 11.3 Å². The molecular formula is C15H19N5S. The molecule has 0 saturated carbocycles. The molecule has 110 valence electrons. The number of aromatic amines is 1. The van der Waals surface area contributed by atoms with E-state index in [1.165, 1.54) is 4.88 Å². The van der Waals surface area contributed by atoms with Crippen LogP contribution in [0.4, 0.5) is 0 Å². The summed E-state index contributed by atoms with van der Waals surface area (Å²) in [6.45, 7) is 7.19. The maximum absolute atomic E-state index is 4.62. The van der Waals surface area contributed by atoms with Crippen LogP contribution >= 0.6 is 11.3 Å². The van der Waals surface area contributed by atoms with Gasteiger partial charge in [-0.2, -0.15) is 10.2 Å². The van der Waals surface area contributed by atoms with Crippen molar-refractivity contribution in [2.75, 3.05) is 0 Å². The SMILES string of the molecule is CCn1nc(C(C)C)cc1-c1n[nH]c(Cc2cccs2)n1. The van der Waals surface area contributed by atoms with E-state index in [2.05, 4.69) is 64.6 Å². The summed E-state index contributed by atoms with van der Waals surface area (Å²) in [7, 11) is 0. The molecule has 0 radical (unpaired) electrons. The first-order valence-corrected chi connectivity index (χ1v) is 8.07. The van der Waals surface area contributed by atoms with Crippen molar-refractivity contribution in [1.29, 1.82) is 0 Å². The Morgan fingerprint density at radius 1 is 1.38 bits per heavy atom. The summed E-state index contributed by atoms with van der Waals surface area (Å²) in [4.78, 5) is 5.90. The molecule has 3 heterocycles. The van der Waals surface area contributed by atoms with Gasteiger partial charge in [0.05, 0.1) is 5.69 Å². The standard InChI is InChI=1S/C15H19N5S/c1-4-20-13(9-12(19-20)10(2)3)15-16-14(17-18-15)8-11-6-5-7-21-11/h5-7,9-10H,4,8H2,1-3H3,(H,16,17,18). The maximum atomic E-state index is 4.62. The Morgan fingerprint density at radius 2 is 2.24 bits per heavy atom. The van der Waals surface area contributed by atoms with Crippen LogP contribution < -0.4 is 0 Å². The minimum absolute atomic E-state index is 0.404. The molecule has 0 atom stereocenters. The van der Waals surface area contributed by atoms with Crippen LogP contribution in [-0.4, -0.2) is 25.0 Å². The molecular weight excluding hydrogens is 282 g/mol. The maximum Gasteiger partial charge on any atom is 0.199 e. The minimum atomic E-state index is 0.404. The third-order valence-corrected chi connectivity index (χ3v) is 4.25. The second-order valence-electron chi connectivity index (χ2n) is 5.29. The van der Waals surface area contributed by atoms with Crippen LogP contribution in [0, 0.1) is 0 Å². The van der Waals surface area contributed by atoms with E-state index in [4.69, 9.17) is 0 Å². The Morgan fingerprint density at radius 3 is 2.90 bits per heavy atom. The smallest absolute Gasteiger partial charge is 0.199 e. The van der Waals surface area contributed by atoms with E-state index in [1.54, 1.807) is 11.3 Å². The number of rotatable bonds is 5. The summed E-state index contributed by atoms with van der Waals surface area (Å²) in [6.07, 6.45) is 0.794. The number of hydrogen-bond acceptors (Lipinski definition) is 4. The lowest BCUT2D eigenvalue weighted by atomic mass is 10.1. The summed E-state index contributed by atoms with van der Waals surface area (Å²) < 4.78 is 1.97. The van der Waals surface area contributed by atoms with Gasteiger partial charge < -0.3 is 0 Å². The molecule has 21 heavy (non-hydrogen) atoms. The molecule has 0 aliphatic heterocycles. The Hall–Kier alpha value is -1.95. The van der Waals surface area contributed by atoms with Crippen LogP contribution in [0.25, 0.3) is 11.5 Å². The zero-order valence-corrected chi connectivity index (χ0v) is 13.3. The molecule has 3 rings (SSSR count). The lowest BCUT2D eigenvalue weighted by molar-refractivity contribution is 0.639. The Kier molecular flexibility index (Phi) is 3.88. The van der Waals surface area contributed by atoms with Gasteiger partial charge in [0.25, 0.3) is 0 Å². The number of nitrogens with zero attached hydrogens (tertiary/aromatic N) is 4. The molecule has 6 heteroatoms. The number of H-pyrrole nitrogens is 1. The quantitative estimate of drug-likeness (QED) is 0.785. The number of nitrogens with one attached hydrogen (secondary N) is 1. The third-order valence-electron chi connectivity index (χ3n) is 3.37. The summed E-state index contributed by atoms with van der Waals surface area (Å²) in [5.41, 5.74) is 2.06. The van der Waals surface area contributed by atoms with Crippen molar-refractivity contribution in [1.82, 2.24) is 25.0 Å². The lowest BCUT2D eigenvalue weighted by Crippen LogP contribution is -2.01. The van der Waals surface area contributed by atoms with Crippen LogP contribution in [0.3, 0.4) is 0 Å². The monoisotopic (exact) mass is 301 g/mol. The van der Waals surface area contributed by atoms with Crippen molar-refractivity contribution in [3.63, 3.8) is 0 Å². The van der Waals surface area contributed by atoms with E-state index in [0.717, 1.165) is 36.0 Å². The van der Waals surface area contributed by atoms with Gasteiger partial charge >= 0.3 is 0 Å². The summed E-state index contributed by atoms with van der Waals surface area (Å²) >= 11 is 1.73. The average molecular weight is 301 g/mol. The van der Waals surface area contributed by atoms with Gasteiger partial charge in [-0.3, -0.25) is 9.78 Å². The molecule has 3 aromatic rings. The highest BCUT2D eigenvalue weighted by Gasteiger charge is 2.15. The minimum Gasteiger partial charge on any atom is -0.262 e. The molecule has 0 bridgehead atoms. The first kappa shape index (κ1) is 14.0. The Labute approximate surface area is 128 Å². The number of aromatic nitrogens is 5. The molecule has 0 saturated heterocycles. The summed E-state index contributed by atoms with van der Waals surface area (Å²) in [5, 5.41) is 14.1. The molecule has 0 aliphatic carbocycles. The van der Waals surface area contributed by atoms with E-state index in [1.807, 2.05) is 4.68 Å². The van der Waals surface area contributed by atoms with Gasteiger partial charge in [0.1, 0.15) is 11.5 Å². The van der Waals surface area contributed by atoms with Gasteiger partial charge in [-0.15, -0.1) is 11.3 Å². The lowest BCUT2D eigenvalue weighted by Gasteiger charge is -1.99. The van der Waals surface area contributed by atoms with Crippen molar-refractivity contribution in [2.24, 2.45) is 0 Å². The van der Waals surface area contributed by atoms with E-state index in [9.17, 15) is 0 Å². The van der Waals surface area contributed by atoms with Crippen molar-refractivity contribution in [3.05, 3.63) is 40.0 Å². The summed E-state index contributed by atoms with van der Waals surface area (Å²) in [5.74, 6) is 2.02. The van der Waals surface area contributed by atoms with Crippen LogP contribution in [0.2, 0.25) is 0 Å². The van der Waals surface area contributed by atoms with Gasteiger partial charge in [-0.1, -0.05) is 19.9 Å². The van der Waals surface area contributed by atoms with Crippen molar-refractivity contribution in [3.8, 4) is 11.5 Å². The molecule has 0 unspecified atom stereocenters. The molecule has 0 spiro atoms. The molecule has 0 aliphatic rings. The fraction of sp³-hybridized carbons (Fsp3) is 0.400. The second kappa shape index (κ2) is 5.81. The molecule has 1 N–H and O–H groups in total. The fourth-order valence-electron chi connectivity index (χ4n) is 2.21. The molecule has 0 aromatic carbocycles. The largest absolute Gasteiger partial charge is 0.262 e. The first-order chi connectivity index (χ1) is 10.2. The molecule has 3 aromatic heterocycles. The molecule has 0 amide bonds. The first-order valence-electron chi connectivity index (χ1n) is 7.19. The van der Waals surface area contributed by atoms with E-state index in [0.29, 0.717) is 5.92 Å². The van der Waals surface area contributed by atoms with Crippen molar-refractivity contribution in [2.45, 2.75) is 39.7 Å². The van der Waals surface area contributed by atoms with Crippen LogP contribution in [0.15, 0.2) is 23.6 Å². The average Bonchev–Trinajstić information content (AvgIpc) is 3.18. The van der Waals surface area contributed by atoms with E-state index >= 15 is 0 Å². The van der Waals surface area contributed by atoms with E-state index < -0.39 is 0 Å². The second-order valence-corrected chi connectivity index (χ2v) is 6.32. The van der Waals surface area contributed by atoms with Gasteiger partial charge in [0, 0.05) is 17.8 Å². The molecule has 5 nitrogen and oxygen atoms in total. The Bertz CT molecular complexity index is 708. The van der Waals surface area contributed by atoms with Crippen LogP contribution in [-0.2, 0) is 13.0 Å². The molecule has 0 fully saturated rings. The predicted molar refractivity (Wildman–Crippen MR) is 84.5 cm³/mol. The predicted octanol–water partition coefficient (Wildman–Crippen LogP) is 3.46. The topological polar surface area (TPSA) is 59.4 Å². The van der Waals surface area contributed by atoms with Crippen molar-refractivity contribution < 1.29 is 0 Å². The number of aryl methyl sites for hydroxylation is 1. The van der Waals surface area contributed by atoms with Gasteiger partial charge in [0.2, 0.25) is 0 Å². The van der Waals surface area contributed by atoms with Gasteiger partial charge in [-0.25, -0.2) is 4.98 Å². The highest BCUT2D eigenvalue weighted by atomic mass is 32.1. The number of thiophene rings is 1. The Balaban J connectivity index is 1.88. The zero-order chi connectivity index (χ0) is 14.8.